The van der Waals surface area contributed by atoms with Crippen molar-refractivity contribution in [2.45, 2.75) is 43.6 Å². The Morgan fingerprint density at radius 1 is 1.52 bits per heavy atom. The fourth-order valence-corrected chi connectivity index (χ4v) is 2.18. The molecular formula is C17H20N2O2. The van der Waals surface area contributed by atoms with E-state index in [1.54, 1.807) is 0 Å². The number of fused-ring (bicyclic) bond motifs is 3. The van der Waals surface area contributed by atoms with E-state index in [1.807, 2.05) is 0 Å². The summed E-state index contributed by atoms with van der Waals surface area (Å²) in [6.45, 7) is 0. The van der Waals surface area contributed by atoms with Gasteiger partial charge < -0.3 is 14.6 Å². The maximum atomic E-state index is 13.1. The number of piperidine rings is 1. The summed E-state index contributed by atoms with van der Waals surface area (Å²) in [7, 11) is 0.821. The van der Waals surface area contributed by atoms with Crippen LogP contribution in [0, 0.1) is 0 Å². The summed E-state index contributed by atoms with van der Waals surface area (Å²) in [5, 5.41) is -0.120. The highest BCUT2D eigenvalue weighted by molar-refractivity contribution is 6.04. The number of benzene rings is 1. The van der Waals surface area contributed by atoms with E-state index in [4.69, 9.17) is 22.6 Å². The average Bonchev–Trinajstić information content (AvgIpc) is 3.20. The molecule has 2 saturated heterocycles. The van der Waals surface area contributed by atoms with Crippen LogP contribution in [0.1, 0.15) is 53.7 Å². The van der Waals surface area contributed by atoms with E-state index in [9.17, 15) is 4.79 Å². The maximum absolute atomic E-state index is 13.1. The van der Waals surface area contributed by atoms with Crippen molar-refractivity contribution in [3.63, 3.8) is 0 Å². The minimum Gasteiger partial charge on any atom is -0.459 e. The van der Waals surface area contributed by atoms with Gasteiger partial charge in [0.15, 0.2) is 0 Å². The second-order valence-electron chi connectivity index (χ2n) is 4.57. The molecule has 1 N–H and O–H groups in total. The molecule has 0 radical (unpaired) electrons. The minimum absolute atomic E-state index is 0.120. The molecule has 110 valence electrons. The lowest BCUT2D eigenvalue weighted by molar-refractivity contribution is -0.000258. The van der Waals surface area contributed by atoms with Crippen LogP contribution in [0.15, 0.2) is 30.4 Å². The topological polar surface area (TPSA) is 45.3 Å². The molecule has 2 bridgehead atoms. The van der Waals surface area contributed by atoms with Gasteiger partial charge in [-0.2, -0.15) is 0 Å². The van der Waals surface area contributed by atoms with Crippen molar-refractivity contribution in [2.24, 2.45) is 0 Å². The molecule has 21 heavy (non-hydrogen) atoms. The van der Waals surface area contributed by atoms with Crippen molar-refractivity contribution < 1.29 is 27.4 Å². The number of carbonyl (C=O) groups excluding carboxylic acids is 1. The number of rotatable bonds is 2. The van der Waals surface area contributed by atoms with Crippen molar-refractivity contribution in [3.8, 4) is 0 Å². The molecule has 2 aliphatic heterocycles. The fourth-order valence-electron chi connectivity index (χ4n) is 2.18. The van der Waals surface area contributed by atoms with Gasteiger partial charge in [0.1, 0.15) is 6.08 Å². The van der Waals surface area contributed by atoms with Crippen molar-refractivity contribution in [1.29, 1.82) is 0 Å². The molecule has 4 nitrogen and oxygen atoms in total. The van der Waals surface area contributed by atoms with Crippen molar-refractivity contribution >= 4 is 16.9 Å². The predicted molar refractivity (Wildman–Crippen MR) is 81.3 cm³/mol. The Morgan fingerprint density at radius 3 is 3.05 bits per heavy atom. The van der Waals surface area contributed by atoms with Gasteiger partial charge in [-0.05, 0) is 25.9 Å². The number of aromatic amines is 1. The Labute approximate surface area is 142 Å². The first-order valence-electron chi connectivity index (χ1n) is 12.7. The Hall–Kier alpha value is -1.81. The number of nitrogens with one attached hydrogen (secondary N) is 1. The zero-order valence-corrected chi connectivity index (χ0v) is 11.0. The van der Waals surface area contributed by atoms with Gasteiger partial charge in [-0.1, -0.05) is 18.2 Å². The predicted octanol–water partition coefficient (Wildman–Crippen LogP) is 2.95. The quantitative estimate of drug-likeness (QED) is 0.867. The normalized spacial score (nSPS) is 58.0. The summed E-state index contributed by atoms with van der Waals surface area (Å²) in [6, 6.07) is -4.70. The van der Waals surface area contributed by atoms with Crippen LogP contribution in [0.25, 0.3) is 10.9 Å². The second kappa shape index (κ2) is 4.88. The zero-order chi connectivity index (χ0) is 26.1. The van der Waals surface area contributed by atoms with E-state index in [-0.39, 0.29) is 21.8 Å². The fraction of sp³-hybridized carbons (Fsp3) is 0.471. The first kappa shape index (κ1) is 5.13. The molecule has 4 rings (SSSR count). The molecule has 3 atom stereocenters. The van der Waals surface area contributed by atoms with Crippen LogP contribution in [0.3, 0.4) is 0 Å². The van der Waals surface area contributed by atoms with E-state index in [1.165, 1.54) is 12.1 Å². The van der Waals surface area contributed by atoms with E-state index >= 15 is 0 Å². The number of hydrogen-bond acceptors (Lipinski definition) is 3. The Kier molecular flexibility index (Phi) is 1.19. The van der Waals surface area contributed by atoms with E-state index in [0.717, 1.165) is 13.2 Å². The van der Waals surface area contributed by atoms with Crippen molar-refractivity contribution in [1.82, 2.24) is 9.88 Å². The standard InChI is InChI=1S/C17H20N2O2/c1-19-11-6-7-12(19)9-13(8-11)21-17(20)15-10-18-16-5-3-2-4-14(15)16/h2-5,10-13,18H,6-9H2,1H3/t11-,12+,13?/i2D,4D,6D2,7D2,8D2,9D2,11D,12D,13D. The van der Waals surface area contributed by atoms with Gasteiger partial charge in [0.05, 0.1) is 9.68 Å². The third-order valence-corrected chi connectivity index (χ3v) is 3.29. The highest BCUT2D eigenvalue weighted by atomic mass is 16.5. The monoisotopic (exact) mass is 297 g/mol. The molecule has 3 heterocycles. The lowest BCUT2D eigenvalue weighted by Gasteiger charge is -2.35. The number of carbonyl (C=O) groups is 1. The molecule has 0 aliphatic carbocycles. The number of esters is 1. The minimum atomic E-state index is -3.77. The molecule has 1 aromatic heterocycles. The molecule has 0 spiro atoms. The summed E-state index contributed by atoms with van der Waals surface area (Å²) < 4.78 is 114. The highest BCUT2D eigenvalue weighted by Gasteiger charge is 2.40. The average molecular weight is 297 g/mol. The van der Waals surface area contributed by atoms with Gasteiger partial charge in [0.25, 0.3) is 0 Å². The van der Waals surface area contributed by atoms with Crippen LogP contribution in [0.2, 0.25) is 0 Å². The molecule has 1 aromatic carbocycles. The van der Waals surface area contributed by atoms with Crippen LogP contribution < -0.4 is 0 Å². The summed E-state index contributed by atoms with van der Waals surface area (Å²) in [6.07, 6.45) is -17.2. The van der Waals surface area contributed by atoms with E-state index < -0.39 is 61.2 Å². The molecule has 4 heteroatoms. The van der Waals surface area contributed by atoms with Crippen LogP contribution >= 0.6 is 0 Å². The van der Waals surface area contributed by atoms with E-state index in [0.29, 0.717) is 0 Å². The number of para-hydroxylation sites is 1. The summed E-state index contributed by atoms with van der Waals surface area (Å²) in [5.74, 6) is -1.52. The molecule has 0 saturated carbocycles. The summed E-state index contributed by atoms with van der Waals surface area (Å²) in [4.78, 5) is 16.0. The Balaban J connectivity index is 1.94. The lowest BCUT2D eigenvalue weighted by atomic mass is 10.0. The number of H-pyrrole nitrogens is 1. The molecule has 2 aliphatic rings. The first-order chi connectivity index (χ1) is 15.2. The van der Waals surface area contributed by atoms with Crippen LogP contribution in [0.5, 0.6) is 0 Å². The van der Waals surface area contributed by atoms with Gasteiger partial charge >= 0.3 is 5.97 Å². The Morgan fingerprint density at radius 2 is 2.29 bits per heavy atom. The maximum Gasteiger partial charge on any atom is 0.340 e. The van der Waals surface area contributed by atoms with E-state index in [2.05, 4.69) is 4.98 Å². The first-order valence-corrected chi connectivity index (χ1v) is 6.24. The van der Waals surface area contributed by atoms with Gasteiger partial charge in [-0.25, -0.2) is 4.79 Å². The van der Waals surface area contributed by atoms with Gasteiger partial charge in [0.2, 0.25) is 0 Å². The largest absolute Gasteiger partial charge is 0.459 e. The second-order valence-corrected chi connectivity index (χ2v) is 4.57. The lowest BCUT2D eigenvalue weighted by Crippen LogP contribution is -2.43. The third kappa shape index (κ3) is 2.14. The van der Waals surface area contributed by atoms with Crippen molar-refractivity contribution in [3.05, 3.63) is 36.0 Å². The van der Waals surface area contributed by atoms with Crippen LogP contribution in [-0.4, -0.2) is 41.0 Å². The van der Waals surface area contributed by atoms with Gasteiger partial charge in [-0.15, -0.1) is 0 Å². The molecule has 1 unspecified atom stereocenters. The summed E-state index contributed by atoms with van der Waals surface area (Å²) in [5.41, 5.74) is -0.217. The van der Waals surface area contributed by atoms with Crippen molar-refractivity contribution in [2.75, 3.05) is 7.05 Å². The smallest absolute Gasteiger partial charge is 0.340 e. The number of ether oxygens (including phenoxy) is 1. The van der Waals surface area contributed by atoms with Crippen LogP contribution in [0.4, 0.5) is 0 Å². The van der Waals surface area contributed by atoms with Crippen LogP contribution in [-0.2, 0) is 4.74 Å². The molecule has 2 aromatic rings. The highest BCUT2D eigenvalue weighted by Crippen LogP contribution is 2.35. The number of aromatic nitrogens is 1. The Bertz CT molecular complexity index is 1190. The van der Waals surface area contributed by atoms with Gasteiger partial charge in [-0.3, -0.25) is 0 Å². The zero-order valence-electron chi connectivity index (χ0n) is 24.0. The number of hydrogen-bond donors (Lipinski definition) is 1. The summed E-state index contributed by atoms with van der Waals surface area (Å²) >= 11 is 0. The molecule has 2 fully saturated rings. The number of nitrogens with zero attached hydrogens (tertiary/aromatic N) is 1. The SMILES string of the molecule is [2H]c1ccc2[nH]cc(C(=O)OC3([2H])C([2H])([2H])[C@]4([2H])N(C)[C@]([2H])(C3([2H])[2H])C([2H])([2H])C4([2H])[2H])c2c1[2H]. The van der Waals surface area contributed by atoms with Gasteiger partial charge in [0, 0.05) is 55.6 Å². The third-order valence-electron chi connectivity index (χ3n) is 3.29. The molecular weight excluding hydrogens is 264 g/mol. The molecule has 0 amide bonds.